The molecule has 1 aliphatic carbocycles. The van der Waals surface area contributed by atoms with Gasteiger partial charge in [-0.05, 0) is 55.3 Å². The maximum Gasteiger partial charge on any atom is 0.118 e. The predicted octanol–water partition coefficient (Wildman–Crippen LogP) is 3.78. The van der Waals surface area contributed by atoms with E-state index in [9.17, 15) is 0 Å². The van der Waals surface area contributed by atoms with Crippen LogP contribution >= 0.6 is 0 Å². The van der Waals surface area contributed by atoms with Gasteiger partial charge in [0.15, 0.2) is 0 Å². The number of benzene rings is 1. The van der Waals surface area contributed by atoms with Crippen LogP contribution in [0, 0.1) is 11.8 Å². The molecule has 0 aromatic heterocycles. The lowest BCUT2D eigenvalue weighted by molar-refractivity contribution is 0.408. The SMILES string of the molecule is CCC(NCC(C)C1CC1)c1ccc(OC)cc1. The van der Waals surface area contributed by atoms with Crippen molar-refractivity contribution >= 4 is 0 Å². The molecule has 2 rings (SSSR count). The number of rotatable bonds is 7. The molecule has 0 spiro atoms. The third-order valence-electron chi connectivity index (χ3n) is 4.04. The highest BCUT2D eigenvalue weighted by Gasteiger charge is 2.27. The molecular formula is C16H25NO. The lowest BCUT2D eigenvalue weighted by atomic mass is 10.0. The van der Waals surface area contributed by atoms with E-state index in [0.717, 1.165) is 30.6 Å². The van der Waals surface area contributed by atoms with Gasteiger partial charge in [0, 0.05) is 6.04 Å². The van der Waals surface area contributed by atoms with Crippen molar-refractivity contribution in [3.63, 3.8) is 0 Å². The Morgan fingerprint density at radius 1 is 1.28 bits per heavy atom. The van der Waals surface area contributed by atoms with Gasteiger partial charge in [0.1, 0.15) is 5.75 Å². The summed E-state index contributed by atoms with van der Waals surface area (Å²) in [6.07, 6.45) is 3.99. The Morgan fingerprint density at radius 3 is 2.44 bits per heavy atom. The lowest BCUT2D eigenvalue weighted by Crippen LogP contribution is -2.26. The third kappa shape index (κ3) is 3.49. The lowest BCUT2D eigenvalue weighted by Gasteiger charge is -2.20. The Balaban J connectivity index is 1.89. The second-order valence-corrected chi connectivity index (χ2v) is 5.46. The van der Waals surface area contributed by atoms with Gasteiger partial charge in [-0.25, -0.2) is 0 Å². The molecule has 0 bridgehead atoms. The average Bonchev–Trinajstić information content (AvgIpc) is 3.24. The molecule has 0 aliphatic heterocycles. The molecular weight excluding hydrogens is 222 g/mol. The molecule has 1 aliphatic rings. The summed E-state index contributed by atoms with van der Waals surface area (Å²) >= 11 is 0. The van der Waals surface area contributed by atoms with Gasteiger partial charge >= 0.3 is 0 Å². The molecule has 0 saturated heterocycles. The first-order chi connectivity index (χ1) is 8.74. The van der Waals surface area contributed by atoms with Gasteiger partial charge in [-0.3, -0.25) is 0 Å². The van der Waals surface area contributed by atoms with Crippen molar-refractivity contribution < 1.29 is 4.74 Å². The standard InChI is InChI=1S/C16H25NO/c1-4-16(17-11-12(2)13-5-6-13)14-7-9-15(18-3)10-8-14/h7-10,12-13,16-17H,4-6,11H2,1-3H3. The third-order valence-corrected chi connectivity index (χ3v) is 4.04. The second-order valence-electron chi connectivity index (χ2n) is 5.46. The molecule has 2 atom stereocenters. The van der Waals surface area contributed by atoms with E-state index in [-0.39, 0.29) is 0 Å². The maximum absolute atomic E-state index is 5.20. The summed E-state index contributed by atoms with van der Waals surface area (Å²) in [5.41, 5.74) is 1.36. The van der Waals surface area contributed by atoms with E-state index in [1.54, 1.807) is 7.11 Å². The van der Waals surface area contributed by atoms with Gasteiger partial charge in [-0.2, -0.15) is 0 Å². The van der Waals surface area contributed by atoms with Crippen LogP contribution in [0.15, 0.2) is 24.3 Å². The van der Waals surface area contributed by atoms with Crippen molar-refractivity contribution in [2.45, 2.75) is 39.2 Å². The van der Waals surface area contributed by atoms with Crippen LogP contribution in [0.2, 0.25) is 0 Å². The Labute approximate surface area is 111 Å². The highest BCUT2D eigenvalue weighted by Crippen LogP contribution is 2.36. The molecule has 2 nitrogen and oxygen atoms in total. The molecule has 2 unspecified atom stereocenters. The molecule has 100 valence electrons. The van der Waals surface area contributed by atoms with Gasteiger partial charge in [-0.1, -0.05) is 26.0 Å². The molecule has 18 heavy (non-hydrogen) atoms. The number of nitrogens with one attached hydrogen (secondary N) is 1. The summed E-state index contributed by atoms with van der Waals surface area (Å²) in [5, 5.41) is 3.70. The smallest absolute Gasteiger partial charge is 0.118 e. The first-order valence-corrected chi connectivity index (χ1v) is 7.12. The van der Waals surface area contributed by atoms with Gasteiger partial charge in [-0.15, -0.1) is 0 Å². The van der Waals surface area contributed by atoms with E-state index in [1.807, 2.05) is 12.1 Å². The van der Waals surface area contributed by atoms with E-state index < -0.39 is 0 Å². The van der Waals surface area contributed by atoms with Crippen molar-refractivity contribution in [3.8, 4) is 5.75 Å². The monoisotopic (exact) mass is 247 g/mol. The average molecular weight is 247 g/mol. The fraction of sp³-hybridized carbons (Fsp3) is 0.625. The molecule has 2 heteroatoms. The van der Waals surface area contributed by atoms with Crippen LogP contribution < -0.4 is 10.1 Å². The summed E-state index contributed by atoms with van der Waals surface area (Å²) in [7, 11) is 1.71. The van der Waals surface area contributed by atoms with Crippen LogP contribution in [0.4, 0.5) is 0 Å². The topological polar surface area (TPSA) is 21.3 Å². The van der Waals surface area contributed by atoms with Crippen molar-refractivity contribution in [3.05, 3.63) is 29.8 Å². The Bertz CT molecular complexity index is 356. The minimum Gasteiger partial charge on any atom is -0.497 e. The van der Waals surface area contributed by atoms with Crippen LogP contribution in [0.5, 0.6) is 5.75 Å². The number of hydrogen-bond donors (Lipinski definition) is 1. The van der Waals surface area contributed by atoms with E-state index in [2.05, 4.69) is 31.3 Å². The number of ether oxygens (including phenoxy) is 1. The van der Waals surface area contributed by atoms with Crippen LogP contribution in [-0.2, 0) is 0 Å². The maximum atomic E-state index is 5.20. The van der Waals surface area contributed by atoms with Gasteiger partial charge in [0.05, 0.1) is 7.11 Å². The van der Waals surface area contributed by atoms with Crippen molar-refractivity contribution in [1.29, 1.82) is 0 Å². The summed E-state index contributed by atoms with van der Waals surface area (Å²) in [4.78, 5) is 0. The second kappa shape index (κ2) is 6.24. The van der Waals surface area contributed by atoms with Crippen LogP contribution in [-0.4, -0.2) is 13.7 Å². The zero-order valence-electron chi connectivity index (χ0n) is 11.8. The molecule has 1 aromatic rings. The number of methoxy groups -OCH3 is 1. The summed E-state index contributed by atoms with van der Waals surface area (Å²) < 4.78 is 5.20. The molecule has 1 saturated carbocycles. The van der Waals surface area contributed by atoms with Gasteiger partial charge in [0.25, 0.3) is 0 Å². The highest BCUT2D eigenvalue weighted by molar-refractivity contribution is 5.29. The van der Waals surface area contributed by atoms with Gasteiger partial charge in [0.2, 0.25) is 0 Å². The Kier molecular flexibility index (Phi) is 4.65. The Morgan fingerprint density at radius 2 is 1.94 bits per heavy atom. The van der Waals surface area contributed by atoms with E-state index in [1.165, 1.54) is 18.4 Å². The van der Waals surface area contributed by atoms with Crippen LogP contribution in [0.3, 0.4) is 0 Å². The van der Waals surface area contributed by atoms with Crippen LogP contribution in [0.25, 0.3) is 0 Å². The first-order valence-electron chi connectivity index (χ1n) is 7.12. The van der Waals surface area contributed by atoms with Gasteiger partial charge < -0.3 is 10.1 Å². The fourth-order valence-corrected chi connectivity index (χ4v) is 2.49. The number of hydrogen-bond acceptors (Lipinski definition) is 2. The zero-order valence-corrected chi connectivity index (χ0v) is 11.8. The fourth-order valence-electron chi connectivity index (χ4n) is 2.49. The minimum atomic E-state index is 0.470. The predicted molar refractivity (Wildman–Crippen MR) is 75.9 cm³/mol. The normalized spacial score (nSPS) is 18.4. The molecule has 1 aromatic carbocycles. The summed E-state index contributed by atoms with van der Waals surface area (Å²) in [6, 6.07) is 8.90. The molecule has 1 fully saturated rings. The quantitative estimate of drug-likeness (QED) is 0.791. The minimum absolute atomic E-state index is 0.470. The summed E-state index contributed by atoms with van der Waals surface area (Å²) in [5.74, 6) is 2.73. The van der Waals surface area contributed by atoms with Crippen molar-refractivity contribution in [2.75, 3.05) is 13.7 Å². The summed E-state index contributed by atoms with van der Waals surface area (Å²) in [6.45, 7) is 5.74. The van der Waals surface area contributed by atoms with E-state index in [0.29, 0.717) is 6.04 Å². The van der Waals surface area contributed by atoms with E-state index >= 15 is 0 Å². The first kappa shape index (κ1) is 13.4. The molecule has 0 amide bonds. The van der Waals surface area contributed by atoms with E-state index in [4.69, 9.17) is 4.74 Å². The molecule has 0 radical (unpaired) electrons. The largest absolute Gasteiger partial charge is 0.497 e. The Hall–Kier alpha value is -1.02. The molecule has 1 N–H and O–H groups in total. The highest BCUT2D eigenvalue weighted by atomic mass is 16.5. The molecule has 0 heterocycles. The van der Waals surface area contributed by atoms with Crippen molar-refractivity contribution in [1.82, 2.24) is 5.32 Å². The van der Waals surface area contributed by atoms with Crippen LogP contribution in [0.1, 0.15) is 44.7 Å². The zero-order chi connectivity index (χ0) is 13.0. The van der Waals surface area contributed by atoms with Crippen molar-refractivity contribution in [2.24, 2.45) is 11.8 Å².